The number of hydrogen-bond donors (Lipinski definition) is 0. The molecule has 2 atom stereocenters. The molecule has 0 saturated carbocycles. The van der Waals surface area contributed by atoms with Crippen LogP contribution in [0.25, 0.3) is 0 Å². The lowest BCUT2D eigenvalue weighted by molar-refractivity contribution is -0.384. The molecule has 0 aliphatic heterocycles. The Bertz CT molecular complexity index is 431. The molecule has 0 spiro atoms. The van der Waals surface area contributed by atoms with Gasteiger partial charge >= 0.3 is 0 Å². The molecule has 1 aromatic rings. The van der Waals surface area contributed by atoms with Crippen LogP contribution in [0.1, 0.15) is 6.92 Å². The topological polar surface area (TPSA) is 63.5 Å². The first-order valence-electron chi connectivity index (χ1n) is 5.67. The zero-order valence-electron chi connectivity index (χ0n) is 10.8. The molecule has 5 nitrogen and oxygen atoms in total. The highest BCUT2D eigenvalue weighted by Gasteiger charge is 2.12. The van der Waals surface area contributed by atoms with E-state index >= 15 is 0 Å². The maximum atomic E-state index is 12.0. The second-order valence-corrected chi connectivity index (χ2v) is 6.13. The first-order chi connectivity index (χ1) is 8.40. The Hall–Kier alpha value is -1.27. The minimum absolute atomic E-state index is 0.0251. The molecule has 0 amide bonds. The lowest BCUT2D eigenvalue weighted by atomic mass is 10.2. The van der Waals surface area contributed by atoms with Crippen molar-refractivity contribution < 1.29 is 9.13 Å². The minimum Gasteiger partial charge on any atom is -0.309 e. The van der Waals surface area contributed by atoms with Gasteiger partial charge in [-0.1, -0.05) is 6.92 Å². The number of non-ortho nitro benzene ring substituents is 1. The van der Waals surface area contributed by atoms with Crippen molar-refractivity contribution in [3.8, 4) is 0 Å². The van der Waals surface area contributed by atoms with Crippen molar-refractivity contribution in [1.29, 1.82) is 0 Å². The number of rotatable bonds is 6. The number of nitro groups is 1. The fourth-order valence-electron chi connectivity index (χ4n) is 1.75. The van der Waals surface area contributed by atoms with Crippen LogP contribution in [0.3, 0.4) is 0 Å². The third-order valence-electron chi connectivity index (χ3n) is 2.42. The largest absolute Gasteiger partial charge is 0.309 e. The summed E-state index contributed by atoms with van der Waals surface area (Å²) in [5, 5.41) is 10.5. The zero-order valence-corrected chi connectivity index (χ0v) is 11.6. The van der Waals surface area contributed by atoms with Gasteiger partial charge in [-0.15, -0.1) is 0 Å². The molecular formula is C12H18N2O3S. The Labute approximate surface area is 109 Å². The molecule has 0 aliphatic rings. The Morgan fingerprint density at radius 3 is 2.33 bits per heavy atom. The first kappa shape index (κ1) is 14.8. The summed E-state index contributed by atoms with van der Waals surface area (Å²) in [5.41, 5.74) is 0.0251. The second-order valence-electron chi connectivity index (χ2n) is 4.63. The fourth-order valence-corrected chi connectivity index (χ4v) is 3.00. The van der Waals surface area contributed by atoms with E-state index in [2.05, 4.69) is 4.90 Å². The molecule has 0 aliphatic carbocycles. The van der Waals surface area contributed by atoms with Gasteiger partial charge in [-0.3, -0.25) is 14.3 Å². The SMILES string of the molecule is CC(CN(C)C)CS(=O)c1ccc([N+](=O)[O-])cc1. The number of hydrogen-bond acceptors (Lipinski definition) is 4. The van der Waals surface area contributed by atoms with E-state index in [0.29, 0.717) is 16.6 Å². The van der Waals surface area contributed by atoms with Crippen molar-refractivity contribution >= 4 is 16.5 Å². The van der Waals surface area contributed by atoms with Gasteiger partial charge in [0.05, 0.1) is 15.7 Å². The molecule has 1 aromatic carbocycles. The van der Waals surface area contributed by atoms with Crippen LogP contribution in [-0.2, 0) is 10.8 Å². The van der Waals surface area contributed by atoms with Crippen molar-refractivity contribution in [2.24, 2.45) is 5.92 Å². The van der Waals surface area contributed by atoms with Crippen LogP contribution < -0.4 is 0 Å². The van der Waals surface area contributed by atoms with Crippen molar-refractivity contribution in [1.82, 2.24) is 4.90 Å². The number of benzene rings is 1. The molecule has 0 fully saturated rings. The Morgan fingerprint density at radius 2 is 1.89 bits per heavy atom. The van der Waals surface area contributed by atoms with E-state index < -0.39 is 15.7 Å². The number of nitrogens with zero attached hydrogens (tertiary/aromatic N) is 2. The highest BCUT2D eigenvalue weighted by Crippen LogP contribution is 2.16. The van der Waals surface area contributed by atoms with Gasteiger partial charge < -0.3 is 4.90 Å². The molecule has 0 radical (unpaired) electrons. The van der Waals surface area contributed by atoms with Gasteiger partial charge in [0.25, 0.3) is 5.69 Å². The zero-order chi connectivity index (χ0) is 13.7. The Morgan fingerprint density at radius 1 is 1.33 bits per heavy atom. The molecule has 6 heteroatoms. The molecule has 0 bridgehead atoms. The molecule has 0 saturated heterocycles. The molecule has 18 heavy (non-hydrogen) atoms. The minimum atomic E-state index is -1.10. The summed E-state index contributed by atoms with van der Waals surface area (Å²) in [7, 11) is 2.85. The summed E-state index contributed by atoms with van der Waals surface area (Å²) in [5.74, 6) is 0.881. The summed E-state index contributed by atoms with van der Waals surface area (Å²) >= 11 is 0. The molecule has 1 rings (SSSR count). The van der Waals surface area contributed by atoms with Crippen molar-refractivity contribution in [3.05, 3.63) is 34.4 Å². The summed E-state index contributed by atoms with van der Waals surface area (Å²) in [6.07, 6.45) is 0. The highest BCUT2D eigenvalue weighted by molar-refractivity contribution is 7.85. The monoisotopic (exact) mass is 270 g/mol. The summed E-state index contributed by atoms with van der Waals surface area (Å²) in [6, 6.07) is 5.92. The van der Waals surface area contributed by atoms with E-state index in [-0.39, 0.29) is 5.69 Å². The smallest absolute Gasteiger partial charge is 0.269 e. The van der Waals surface area contributed by atoms with Gasteiger partial charge in [-0.2, -0.15) is 0 Å². The van der Waals surface area contributed by atoms with Gasteiger partial charge in [-0.05, 0) is 32.1 Å². The standard InChI is InChI=1S/C12H18N2O3S/c1-10(8-13(2)3)9-18(17)12-6-4-11(5-7-12)14(15)16/h4-7,10H,8-9H2,1-3H3. The van der Waals surface area contributed by atoms with Crippen LogP contribution in [0.5, 0.6) is 0 Å². The van der Waals surface area contributed by atoms with Gasteiger partial charge in [0.2, 0.25) is 0 Å². The predicted octanol–water partition coefficient (Wildman–Crippen LogP) is 1.90. The van der Waals surface area contributed by atoms with Crippen LogP contribution in [0.4, 0.5) is 5.69 Å². The first-order valence-corrected chi connectivity index (χ1v) is 6.99. The average Bonchev–Trinajstić information content (AvgIpc) is 2.27. The normalized spacial score (nSPS) is 14.4. The van der Waals surface area contributed by atoms with Crippen molar-refractivity contribution in [2.75, 3.05) is 26.4 Å². The van der Waals surface area contributed by atoms with Gasteiger partial charge in [0, 0.05) is 29.3 Å². The molecule has 2 unspecified atom stereocenters. The predicted molar refractivity (Wildman–Crippen MR) is 72.1 cm³/mol. The van der Waals surface area contributed by atoms with E-state index in [4.69, 9.17) is 0 Å². The lowest BCUT2D eigenvalue weighted by Crippen LogP contribution is -2.23. The molecule has 0 aromatic heterocycles. The second kappa shape index (κ2) is 6.61. The van der Waals surface area contributed by atoms with E-state index in [1.54, 1.807) is 12.1 Å². The van der Waals surface area contributed by atoms with E-state index in [9.17, 15) is 14.3 Å². The lowest BCUT2D eigenvalue weighted by Gasteiger charge is -2.16. The molecule has 100 valence electrons. The maximum Gasteiger partial charge on any atom is 0.269 e. The summed E-state index contributed by atoms with van der Waals surface area (Å²) in [4.78, 5) is 12.7. The fraction of sp³-hybridized carbons (Fsp3) is 0.500. The van der Waals surface area contributed by atoms with Crippen LogP contribution in [0, 0.1) is 16.0 Å². The van der Waals surface area contributed by atoms with Crippen LogP contribution in [0.2, 0.25) is 0 Å². The van der Waals surface area contributed by atoms with Crippen LogP contribution in [-0.4, -0.2) is 40.4 Å². The van der Waals surface area contributed by atoms with Gasteiger partial charge in [0.1, 0.15) is 0 Å². The van der Waals surface area contributed by atoms with E-state index in [0.717, 1.165) is 6.54 Å². The maximum absolute atomic E-state index is 12.0. The van der Waals surface area contributed by atoms with Crippen LogP contribution in [0.15, 0.2) is 29.2 Å². The molecule has 0 heterocycles. The molecule has 0 N–H and O–H groups in total. The van der Waals surface area contributed by atoms with E-state index in [1.807, 2.05) is 21.0 Å². The summed E-state index contributed by atoms with van der Waals surface area (Å²) < 4.78 is 12.0. The van der Waals surface area contributed by atoms with Crippen molar-refractivity contribution in [3.63, 3.8) is 0 Å². The number of nitro benzene ring substituents is 1. The third kappa shape index (κ3) is 4.54. The van der Waals surface area contributed by atoms with E-state index in [1.165, 1.54) is 12.1 Å². The third-order valence-corrected chi connectivity index (χ3v) is 4.09. The molecular weight excluding hydrogens is 252 g/mol. The Kier molecular flexibility index (Phi) is 5.43. The average molecular weight is 270 g/mol. The van der Waals surface area contributed by atoms with Gasteiger partial charge in [0.15, 0.2) is 0 Å². The Balaban J connectivity index is 2.64. The van der Waals surface area contributed by atoms with Crippen LogP contribution >= 0.6 is 0 Å². The highest BCUT2D eigenvalue weighted by atomic mass is 32.2. The van der Waals surface area contributed by atoms with Crippen molar-refractivity contribution in [2.45, 2.75) is 11.8 Å². The van der Waals surface area contributed by atoms with Gasteiger partial charge in [-0.25, -0.2) is 0 Å². The quantitative estimate of drug-likeness (QED) is 0.585. The summed E-state index contributed by atoms with van der Waals surface area (Å²) in [6.45, 7) is 2.92.